The van der Waals surface area contributed by atoms with Crippen LogP contribution in [0.5, 0.6) is 0 Å². The van der Waals surface area contributed by atoms with Crippen LogP contribution in [0.25, 0.3) is 0 Å². The topological polar surface area (TPSA) is 15.3 Å². The number of piperidine rings is 1. The summed E-state index contributed by atoms with van der Waals surface area (Å²) in [7, 11) is 0. The summed E-state index contributed by atoms with van der Waals surface area (Å²) in [4.78, 5) is 2.69. The molecule has 2 fully saturated rings. The first-order valence-corrected chi connectivity index (χ1v) is 5.72. The van der Waals surface area contributed by atoms with Crippen molar-refractivity contribution < 1.29 is 0 Å². The van der Waals surface area contributed by atoms with Crippen molar-refractivity contribution in [2.24, 2.45) is 5.92 Å². The molecule has 2 rings (SSSR count). The molecule has 2 heterocycles. The van der Waals surface area contributed by atoms with Gasteiger partial charge in [-0.3, -0.25) is 4.90 Å². The number of likely N-dealkylation sites (tertiary alicyclic amines) is 1. The van der Waals surface area contributed by atoms with Gasteiger partial charge in [0.25, 0.3) is 0 Å². The average Bonchev–Trinajstić information content (AvgIpc) is 2.47. The summed E-state index contributed by atoms with van der Waals surface area (Å²) in [5.74, 6) is 0.862. The zero-order valence-electron chi connectivity index (χ0n) is 8.97. The molecule has 0 radical (unpaired) electrons. The molecule has 2 saturated heterocycles. The SMILES string of the molecule is CCN1CCCC12CNCC(C)C2. The van der Waals surface area contributed by atoms with Gasteiger partial charge in [-0.15, -0.1) is 0 Å². The van der Waals surface area contributed by atoms with E-state index in [1.807, 2.05) is 0 Å². The van der Waals surface area contributed by atoms with Gasteiger partial charge < -0.3 is 5.32 Å². The zero-order chi connectivity index (χ0) is 9.31. The fourth-order valence-electron chi connectivity index (χ4n) is 3.26. The molecule has 2 unspecified atom stereocenters. The molecule has 76 valence electrons. The first kappa shape index (κ1) is 9.47. The summed E-state index contributed by atoms with van der Waals surface area (Å²) in [5, 5.41) is 3.59. The van der Waals surface area contributed by atoms with Crippen LogP contribution in [0.3, 0.4) is 0 Å². The maximum atomic E-state index is 3.59. The largest absolute Gasteiger partial charge is 0.315 e. The number of hydrogen-bond donors (Lipinski definition) is 1. The predicted octanol–water partition coefficient (Wildman–Crippen LogP) is 1.47. The lowest BCUT2D eigenvalue weighted by molar-refractivity contribution is 0.0894. The van der Waals surface area contributed by atoms with E-state index in [-0.39, 0.29) is 0 Å². The van der Waals surface area contributed by atoms with Gasteiger partial charge in [0.15, 0.2) is 0 Å². The Labute approximate surface area is 81.7 Å². The van der Waals surface area contributed by atoms with E-state index in [0.717, 1.165) is 5.92 Å². The second-order valence-corrected chi connectivity index (χ2v) is 4.85. The van der Waals surface area contributed by atoms with Crippen molar-refractivity contribution >= 4 is 0 Å². The summed E-state index contributed by atoms with van der Waals surface area (Å²) < 4.78 is 0. The third-order valence-electron chi connectivity index (χ3n) is 3.80. The normalized spacial score (nSPS) is 41.5. The highest BCUT2D eigenvalue weighted by Gasteiger charge is 2.42. The van der Waals surface area contributed by atoms with E-state index in [1.165, 1.54) is 45.4 Å². The summed E-state index contributed by atoms with van der Waals surface area (Å²) >= 11 is 0. The van der Waals surface area contributed by atoms with Crippen LogP contribution in [0.4, 0.5) is 0 Å². The van der Waals surface area contributed by atoms with Gasteiger partial charge in [-0.05, 0) is 44.8 Å². The maximum absolute atomic E-state index is 3.59. The van der Waals surface area contributed by atoms with E-state index in [4.69, 9.17) is 0 Å². The number of nitrogens with one attached hydrogen (secondary N) is 1. The third-order valence-corrected chi connectivity index (χ3v) is 3.80. The standard InChI is InChI=1S/C11H22N2/c1-3-13-6-4-5-11(13)7-10(2)8-12-9-11/h10,12H,3-9H2,1-2H3. The molecule has 1 spiro atoms. The Morgan fingerprint density at radius 2 is 2.38 bits per heavy atom. The predicted molar refractivity (Wildman–Crippen MR) is 55.9 cm³/mol. The van der Waals surface area contributed by atoms with Crippen LogP contribution in [-0.2, 0) is 0 Å². The Morgan fingerprint density at radius 3 is 3.08 bits per heavy atom. The van der Waals surface area contributed by atoms with Crippen LogP contribution < -0.4 is 5.32 Å². The highest BCUT2D eigenvalue weighted by Crippen LogP contribution is 2.36. The average molecular weight is 182 g/mol. The van der Waals surface area contributed by atoms with Crippen molar-refractivity contribution in [3.8, 4) is 0 Å². The Morgan fingerprint density at radius 1 is 1.54 bits per heavy atom. The lowest BCUT2D eigenvalue weighted by Gasteiger charge is -2.44. The van der Waals surface area contributed by atoms with Gasteiger partial charge in [-0.25, -0.2) is 0 Å². The van der Waals surface area contributed by atoms with Crippen LogP contribution in [-0.4, -0.2) is 36.6 Å². The Hall–Kier alpha value is -0.0800. The molecule has 0 bridgehead atoms. The van der Waals surface area contributed by atoms with Crippen LogP contribution in [0, 0.1) is 5.92 Å². The number of likely N-dealkylation sites (N-methyl/N-ethyl adjacent to an activating group) is 1. The molecule has 0 amide bonds. The number of rotatable bonds is 1. The quantitative estimate of drug-likeness (QED) is 0.660. The Balaban J connectivity index is 2.08. The van der Waals surface area contributed by atoms with Crippen molar-refractivity contribution in [2.45, 2.75) is 38.6 Å². The first-order valence-electron chi connectivity index (χ1n) is 5.72. The molecule has 2 aliphatic rings. The molecule has 2 aliphatic heterocycles. The fraction of sp³-hybridized carbons (Fsp3) is 1.00. The minimum absolute atomic E-state index is 0.534. The minimum Gasteiger partial charge on any atom is -0.315 e. The lowest BCUT2D eigenvalue weighted by atomic mass is 9.82. The van der Waals surface area contributed by atoms with Crippen LogP contribution in [0.2, 0.25) is 0 Å². The minimum atomic E-state index is 0.534. The van der Waals surface area contributed by atoms with E-state index < -0.39 is 0 Å². The summed E-state index contributed by atoms with van der Waals surface area (Å²) in [6, 6.07) is 0. The highest BCUT2D eigenvalue weighted by atomic mass is 15.2. The van der Waals surface area contributed by atoms with Gasteiger partial charge in [0, 0.05) is 12.1 Å². The monoisotopic (exact) mass is 182 g/mol. The molecular weight excluding hydrogens is 160 g/mol. The van der Waals surface area contributed by atoms with Crippen molar-refractivity contribution in [2.75, 3.05) is 26.2 Å². The molecule has 0 aromatic heterocycles. The Bertz CT molecular complexity index is 181. The van der Waals surface area contributed by atoms with Gasteiger partial charge in [0.1, 0.15) is 0 Å². The molecule has 2 heteroatoms. The maximum Gasteiger partial charge on any atom is 0.0337 e. The van der Waals surface area contributed by atoms with Gasteiger partial charge in [0.2, 0.25) is 0 Å². The number of nitrogens with zero attached hydrogens (tertiary/aromatic N) is 1. The Kier molecular flexibility index (Phi) is 2.61. The van der Waals surface area contributed by atoms with E-state index in [2.05, 4.69) is 24.1 Å². The molecule has 0 saturated carbocycles. The number of hydrogen-bond acceptors (Lipinski definition) is 2. The van der Waals surface area contributed by atoms with Crippen LogP contribution >= 0.6 is 0 Å². The van der Waals surface area contributed by atoms with Crippen molar-refractivity contribution in [1.29, 1.82) is 0 Å². The summed E-state index contributed by atoms with van der Waals surface area (Å²) in [5.41, 5.74) is 0.534. The van der Waals surface area contributed by atoms with Crippen LogP contribution in [0.15, 0.2) is 0 Å². The molecule has 13 heavy (non-hydrogen) atoms. The summed E-state index contributed by atoms with van der Waals surface area (Å²) in [6.07, 6.45) is 4.23. The van der Waals surface area contributed by atoms with Gasteiger partial charge in [-0.2, -0.15) is 0 Å². The lowest BCUT2D eigenvalue weighted by Crippen LogP contribution is -2.56. The van der Waals surface area contributed by atoms with Crippen LogP contribution in [0.1, 0.15) is 33.1 Å². The van der Waals surface area contributed by atoms with Crippen molar-refractivity contribution in [1.82, 2.24) is 10.2 Å². The van der Waals surface area contributed by atoms with E-state index >= 15 is 0 Å². The fourth-order valence-corrected chi connectivity index (χ4v) is 3.26. The zero-order valence-corrected chi connectivity index (χ0v) is 8.97. The first-order chi connectivity index (χ1) is 6.27. The van der Waals surface area contributed by atoms with Crippen molar-refractivity contribution in [3.63, 3.8) is 0 Å². The van der Waals surface area contributed by atoms with Gasteiger partial charge in [-0.1, -0.05) is 13.8 Å². The molecule has 0 aromatic carbocycles. The second-order valence-electron chi connectivity index (χ2n) is 4.85. The van der Waals surface area contributed by atoms with Gasteiger partial charge in [0.05, 0.1) is 0 Å². The van der Waals surface area contributed by atoms with Gasteiger partial charge >= 0.3 is 0 Å². The molecule has 2 atom stereocenters. The van der Waals surface area contributed by atoms with E-state index in [1.54, 1.807) is 0 Å². The second kappa shape index (κ2) is 3.58. The molecule has 2 nitrogen and oxygen atoms in total. The summed E-state index contributed by atoms with van der Waals surface area (Å²) in [6.45, 7) is 9.68. The van der Waals surface area contributed by atoms with E-state index in [0.29, 0.717) is 5.54 Å². The molecule has 1 N–H and O–H groups in total. The molecule has 0 aromatic rings. The highest BCUT2D eigenvalue weighted by molar-refractivity contribution is 5.00. The van der Waals surface area contributed by atoms with Crippen molar-refractivity contribution in [3.05, 3.63) is 0 Å². The molecule has 0 aliphatic carbocycles. The molecular formula is C11H22N2. The van der Waals surface area contributed by atoms with E-state index in [9.17, 15) is 0 Å². The third kappa shape index (κ3) is 1.62. The smallest absolute Gasteiger partial charge is 0.0337 e.